The van der Waals surface area contributed by atoms with Crippen molar-refractivity contribution in [3.05, 3.63) is 34.9 Å². The van der Waals surface area contributed by atoms with Crippen LogP contribution in [0.15, 0.2) is 23.8 Å². The molecule has 1 fully saturated rings. The predicted octanol–water partition coefficient (Wildman–Crippen LogP) is 3.26. The van der Waals surface area contributed by atoms with E-state index in [4.69, 9.17) is 14.2 Å². The van der Waals surface area contributed by atoms with Crippen LogP contribution < -0.4 is 4.74 Å². The van der Waals surface area contributed by atoms with Crippen LogP contribution in [0.25, 0.3) is 5.57 Å². The Morgan fingerprint density at radius 2 is 1.76 bits per heavy atom. The highest BCUT2D eigenvalue weighted by Crippen LogP contribution is 2.61. The molecule has 25 heavy (non-hydrogen) atoms. The van der Waals surface area contributed by atoms with Crippen LogP contribution >= 0.6 is 0 Å². The van der Waals surface area contributed by atoms with Gasteiger partial charge >= 0.3 is 11.9 Å². The number of carbonyl (C=O) groups excluding carboxylic acids is 2. The molecule has 3 rings (SSSR count). The number of rotatable bonds is 3. The minimum Gasteiger partial charge on any atom is -0.496 e. The Kier molecular flexibility index (Phi) is 4.13. The largest absolute Gasteiger partial charge is 0.496 e. The lowest BCUT2D eigenvalue weighted by atomic mass is 9.59. The molecule has 0 aliphatic heterocycles. The molecule has 2 aliphatic carbocycles. The molecular formula is C20H24O5. The standard InChI is InChI=1S/C20H24O5/c1-19-10-7-11-20(2,18(22)25-5)16(19)15(17(21)24-4)14-12(19)8-6-9-13(14)23-3/h6,8-9H,7,10-11H2,1-5H3. The molecule has 0 spiro atoms. The molecule has 5 nitrogen and oxygen atoms in total. The van der Waals surface area contributed by atoms with E-state index < -0.39 is 16.8 Å². The lowest BCUT2D eigenvalue weighted by Crippen LogP contribution is -2.43. The topological polar surface area (TPSA) is 61.8 Å². The van der Waals surface area contributed by atoms with E-state index in [2.05, 4.69) is 6.92 Å². The second-order valence-electron chi connectivity index (χ2n) is 7.13. The minimum atomic E-state index is -0.866. The highest BCUT2D eigenvalue weighted by Gasteiger charge is 2.57. The van der Waals surface area contributed by atoms with Gasteiger partial charge < -0.3 is 14.2 Å². The van der Waals surface area contributed by atoms with E-state index in [1.807, 2.05) is 25.1 Å². The summed E-state index contributed by atoms with van der Waals surface area (Å²) < 4.78 is 15.7. The fourth-order valence-corrected chi connectivity index (χ4v) is 4.76. The molecule has 0 radical (unpaired) electrons. The van der Waals surface area contributed by atoms with Crippen LogP contribution in [-0.4, -0.2) is 33.3 Å². The van der Waals surface area contributed by atoms with Gasteiger partial charge in [-0.15, -0.1) is 0 Å². The molecule has 5 heteroatoms. The van der Waals surface area contributed by atoms with E-state index in [1.54, 1.807) is 7.11 Å². The summed E-state index contributed by atoms with van der Waals surface area (Å²) in [6, 6.07) is 5.76. The first-order chi connectivity index (χ1) is 11.8. The zero-order chi connectivity index (χ0) is 18.4. The van der Waals surface area contributed by atoms with Crippen molar-refractivity contribution in [1.82, 2.24) is 0 Å². The molecule has 2 aliphatic rings. The SMILES string of the molecule is COC(=O)C1=C2C(C)(C(=O)OC)CCCC2(C)c2cccc(OC)c21. The number of fused-ring (bicyclic) bond motifs is 3. The number of esters is 2. The molecule has 134 valence electrons. The summed E-state index contributed by atoms with van der Waals surface area (Å²) >= 11 is 0. The highest BCUT2D eigenvalue weighted by molar-refractivity contribution is 6.22. The van der Waals surface area contributed by atoms with Crippen LogP contribution in [-0.2, 0) is 24.5 Å². The third-order valence-electron chi connectivity index (χ3n) is 5.82. The first-order valence-electron chi connectivity index (χ1n) is 8.45. The monoisotopic (exact) mass is 344 g/mol. The molecule has 0 saturated heterocycles. The van der Waals surface area contributed by atoms with E-state index in [1.165, 1.54) is 14.2 Å². The van der Waals surface area contributed by atoms with Crippen molar-refractivity contribution < 1.29 is 23.8 Å². The Balaban J connectivity index is 2.40. The molecule has 0 amide bonds. The fourth-order valence-electron chi connectivity index (χ4n) is 4.76. The van der Waals surface area contributed by atoms with Crippen molar-refractivity contribution in [2.45, 2.75) is 38.5 Å². The Labute approximate surface area is 148 Å². The number of ether oxygens (including phenoxy) is 3. The molecule has 2 unspecified atom stereocenters. The van der Waals surface area contributed by atoms with E-state index in [9.17, 15) is 9.59 Å². The van der Waals surface area contributed by atoms with Gasteiger partial charge in [-0.1, -0.05) is 25.5 Å². The van der Waals surface area contributed by atoms with Crippen molar-refractivity contribution >= 4 is 17.5 Å². The highest BCUT2D eigenvalue weighted by atomic mass is 16.5. The third-order valence-corrected chi connectivity index (χ3v) is 5.82. The van der Waals surface area contributed by atoms with Gasteiger partial charge in [-0.05, 0) is 37.0 Å². The summed E-state index contributed by atoms with van der Waals surface area (Å²) in [4.78, 5) is 25.4. The molecule has 0 N–H and O–H groups in total. The van der Waals surface area contributed by atoms with Crippen LogP contribution in [0, 0.1) is 5.41 Å². The van der Waals surface area contributed by atoms with Crippen LogP contribution in [0.3, 0.4) is 0 Å². The molecule has 0 bridgehead atoms. The van der Waals surface area contributed by atoms with Gasteiger partial charge in [0.1, 0.15) is 5.75 Å². The summed E-state index contributed by atoms with van der Waals surface area (Å²) in [6.45, 7) is 3.96. The van der Waals surface area contributed by atoms with Crippen molar-refractivity contribution in [1.29, 1.82) is 0 Å². The first kappa shape index (κ1) is 17.5. The first-order valence-corrected chi connectivity index (χ1v) is 8.45. The molecule has 2 atom stereocenters. The molecule has 0 aromatic heterocycles. The summed E-state index contributed by atoms with van der Waals surface area (Å²) in [7, 11) is 4.33. The number of methoxy groups -OCH3 is 3. The summed E-state index contributed by atoms with van der Waals surface area (Å²) in [6.07, 6.45) is 2.37. The summed E-state index contributed by atoms with van der Waals surface area (Å²) in [5.74, 6) is -0.142. The van der Waals surface area contributed by atoms with E-state index in [0.29, 0.717) is 17.7 Å². The van der Waals surface area contributed by atoms with E-state index >= 15 is 0 Å². The van der Waals surface area contributed by atoms with Gasteiger partial charge in [0.05, 0.1) is 32.3 Å². The molecule has 1 aromatic carbocycles. The van der Waals surface area contributed by atoms with Gasteiger partial charge in [-0.25, -0.2) is 4.79 Å². The molecule has 1 aromatic rings. The maximum Gasteiger partial charge on any atom is 0.338 e. The van der Waals surface area contributed by atoms with E-state index in [-0.39, 0.29) is 5.97 Å². The Morgan fingerprint density at radius 3 is 2.36 bits per heavy atom. The van der Waals surface area contributed by atoms with Crippen LogP contribution in [0.2, 0.25) is 0 Å². The van der Waals surface area contributed by atoms with Gasteiger partial charge in [0, 0.05) is 11.0 Å². The van der Waals surface area contributed by atoms with Crippen molar-refractivity contribution in [2.75, 3.05) is 21.3 Å². The van der Waals surface area contributed by atoms with Crippen LogP contribution in [0.5, 0.6) is 5.75 Å². The van der Waals surface area contributed by atoms with Crippen LogP contribution in [0.1, 0.15) is 44.2 Å². The van der Waals surface area contributed by atoms with Gasteiger partial charge in [0.15, 0.2) is 0 Å². The number of benzene rings is 1. The third kappa shape index (κ3) is 2.21. The predicted molar refractivity (Wildman–Crippen MR) is 93.3 cm³/mol. The average Bonchev–Trinajstić information content (AvgIpc) is 2.90. The number of hydrogen-bond donors (Lipinski definition) is 0. The molecule has 1 saturated carbocycles. The lowest BCUT2D eigenvalue weighted by molar-refractivity contribution is -0.151. The molecule has 0 heterocycles. The second kappa shape index (κ2) is 5.90. The van der Waals surface area contributed by atoms with Crippen molar-refractivity contribution in [2.24, 2.45) is 5.41 Å². The maximum absolute atomic E-state index is 12.8. The Hall–Kier alpha value is -2.30. The van der Waals surface area contributed by atoms with Gasteiger partial charge in [-0.2, -0.15) is 0 Å². The van der Waals surface area contributed by atoms with Gasteiger partial charge in [0.2, 0.25) is 0 Å². The smallest absolute Gasteiger partial charge is 0.338 e. The number of carbonyl (C=O) groups is 2. The Bertz CT molecular complexity index is 778. The quantitative estimate of drug-likeness (QED) is 0.788. The minimum absolute atomic E-state index is 0.318. The second-order valence-corrected chi connectivity index (χ2v) is 7.13. The van der Waals surface area contributed by atoms with Gasteiger partial charge in [-0.3, -0.25) is 4.79 Å². The molecular weight excluding hydrogens is 320 g/mol. The zero-order valence-electron chi connectivity index (χ0n) is 15.4. The van der Waals surface area contributed by atoms with Crippen molar-refractivity contribution in [3.8, 4) is 5.75 Å². The van der Waals surface area contributed by atoms with E-state index in [0.717, 1.165) is 29.5 Å². The fraction of sp³-hybridized carbons (Fsp3) is 0.500. The Morgan fingerprint density at radius 1 is 1.04 bits per heavy atom. The average molecular weight is 344 g/mol. The summed E-state index contributed by atoms with van der Waals surface area (Å²) in [5.41, 5.74) is 1.71. The number of hydrogen-bond acceptors (Lipinski definition) is 5. The summed E-state index contributed by atoms with van der Waals surface area (Å²) in [5, 5.41) is 0. The van der Waals surface area contributed by atoms with Crippen molar-refractivity contribution in [3.63, 3.8) is 0 Å². The van der Waals surface area contributed by atoms with Crippen LogP contribution in [0.4, 0.5) is 0 Å². The maximum atomic E-state index is 12.8. The normalized spacial score (nSPS) is 27.4. The van der Waals surface area contributed by atoms with Gasteiger partial charge in [0.25, 0.3) is 0 Å². The zero-order valence-corrected chi connectivity index (χ0v) is 15.4. The lowest BCUT2D eigenvalue weighted by Gasteiger charge is -2.44.